The third-order valence-electron chi connectivity index (χ3n) is 3.87. The summed E-state index contributed by atoms with van der Waals surface area (Å²) in [6.45, 7) is 8.52. The van der Waals surface area contributed by atoms with Gasteiger partial charge in [-0.3, -0.25) is 0 Å². The van der Waals surface area contributed by atoms with Crippen molar-refractivity contribution in [3.63, 3.8) is 0 Å². The van der Waals surface area contributed by atoms with Crippen LogP contribution in [0, 0.1) is 5.41 Å². The molecule has 5 nitrogen and oxygen atoms in total. The standard InChI is InChI=1S/C18H28O5/c1-3-19-11-18(13-21-15-22-14-18)12-20-9-10-23-16(2)17-7-5-4-6-8-17/h4-8,16H,3,9-15H2,1-2H3. The third-order valence-corrected chi connectivity index (χ3v) is 3.87. The molecule has 1 aliphatic heterocycles. The van der Waals surface area contributed by atoms with Crippen LogP contribution in [-0.4, -0.2) is 53.0 Å². The molecule has 5 heteroatoms. The molecule has 0 saturated carbocycles. The minimum absolute atomic E-state index is 0.0681. The van der Waals surface area contributed by atoms with E-state index in [2.05, 4.69) is 19.1 Å². The van der Waals surface area contributed by atoms with Gasteiger partial charge in [-0.15, -0.1) is 0 Å². The largest absolute Gasteiger partial charge is 0.381 e. The Morgan fingerprint density at radius 1 is 1.04 bits per heavy atom. The van der Waals surface area contributed by atoms with Gasteiger partial charge in [0.15, 0.2) is 0 Å². The summed E-state index contributed by atoms with van der Waals surface area (Å²) in [6, 6.07) is 10.2. The zero-order chi connectivity index (χ0) is 16.4. The fourth-order valence-corrected chi connectivity index (χ4v) is 2.54. The van der Waals surface area contributed by atoms with Crippen molar-refractivity contribution in [1.29, 1.82) is 0 Å². The van der Waals surface area contributed by atoms with Gasteiger partial charge in [-0.05, 0) is 19.4 Å². The molecule has 23 heavy (non-hydrogen) atoms. The first-order valence-electron chi connectivity index (χ1n) is 8.23. The molecule has 2 rings (SSSR count). The number of benzene rings is 1. The molecule has 130 valence electrons. The quantitative estimate of drug-likeness (QED) is 0.619. The first-order valence-corrected chi connectivity index (χ1v) is 8.23. The van der Waals surface area contributed by atoms with E-state index >= 15 is 0 Å². The first-order chi connectivity index (χ1) is 11.3. The zero-order valence-corrected chi connectivity index (χ0v) is 14.2. The van der Waals surface area contributed by atoms with Crippen LogP contribution >= 0.6 is 0 Å². The summed E-state index contributed by atoms with van der Waals surface area (Å²) in [7, 11) is 0. The van der Waals surface area contributed by atoms with Gasteiger partial charge in [-0.2, -0.15) is 0 Å². The molecule has 0 N–H and O–H groups in total. The van der Waals surface area contributed by atoms with Crippen molar-refractivity contribution in [3.05, 3.63) is 35.9 Å². The second-order valence-electron chi connectivity index (χ2n) is 5.93. The summed E-state index contributed by atoms with van der Waals surface area (Å²) in [5, 5.41) is 0. The van der Waals surface area contributed by atoms with Crippen LogP contribution < -0.4 is 0 Å². The van der Waals surface area contributed by atoms with Crippen molar-refractivity contribution < 1.29 is 23.7 Å². The maximum atomic E-state index is 5.81. The highest BCUT2D eigenvalue weighted by Gasteiger charge is 2.34. The zero-order valence-electron chi connectivity index (χ0n) is 14.2. The van der Waals surface area contributed by atoms with E-state index in [1.165, 1.54) is 5.56 Å². The molecular weight excluding hydrogens is 296 g/mol. The lowest BCUT2D eigenvalue weighted by Crippen LogP contribution is -2.45. The van der Waals surface area contributed by atoms with E-state index in [1.54, 1.807) is 0 Å². The summed E-state index contributed by atoms with van der Waals surface area (Å²) in [4.78, 5) is 0. The van der Waals surface area contributed by atoms with Gasteiger partial charge in [0.25, 0.3) is 0 Å². The average Bonchev–Trinajstić information content (AvgIpc) is 2.61. The minimum Gasteiger partial charge on any atom is -0.381 e. The summed E-state index contributed by atoms with van der Waals surface area (Å²) >= 11 is 0. The fraction of sp³-hybridized carbons (Fsp3) is 0.667. The Kier molecular flexibility index (Phi) is 7.99. The predicted molar refractivity (Wildman–Crippen MR) is 87.3 cm³/mol. The number of ether oxygens (including phenoxy) is 5. The Balaban J connectivity index is 1.66. The van der Waals surface area contributed by atoms with Crippen LogP contribution in [0.1, 0.15) is 25.5 Å². The molecule has 1 heterocycles. The molecule has 1 saturated heterocycles. The van der Waals surface area contributed by atoms with E-state index in [-0.39, 0.29) is 11.5 Å². The van der Waals surface area contributed by atoms with Crippen molar-refractivity contribution in [2.24, 2.45) is 5.41 Å². The normalized spacial score (nSPS) is 18.7. The molecule has 1 fully saturated rings. The second kappa shape index (κ2) is 10.0. The molecular formula is C18H28O5. The van der Waals surface area contributed by atoms with Crippen LogP contribution in [0.5, 0.6) is 0 Å². The second-order valence-corrected chi connectivity index (χ2v) is 5.93. The van der Waals surface area contributed by atoms with Crippen LogP contribution in [-0.2, 0) is 23.7 Å². The van der Waals surface area contributed by atoms with Crippen LogP contribution in [0.25, 0.3) is 0 Å². The average molecular weight is 324 g/mol. The van der Waals surface area contributed by atoms with Crippen molar-refractivity contribution in [2.45, 2.75) is 20.0 Å². The maximum absolute atomic E-state index is 5.81. The topological polar surface area (TPSA) is 46.2 Å². The van der Waals surface area contributed by atoms with Crippen molar-refractivity contribution in [3.8, 4) is 0 Å². The van der Waals surface area contributed by atoms with Gasteiger partial charge >= 0.3 is 0 Å². The lowest BCUT2D eigenvalue weighted by Gasteiger charge is -2.36. The van der Waals surface area contributed by atoms with Gasteiger partial charge in [0.05, 0.1) is 51.2 Å². The SMILES string of the molecule is CCOCC1(COCCOC(C)c2ccccc2)COCOC1. The smallest absolute Gasteiger partial charge is 0.146 e. The van der Waals surface area contributed by atoms with E-state index in [9.17, 15) is 0 Å². The molecule has 0 amide bonds. The summed E-state index contributed by atoms with van der Waals surface area (Å²) in [5.41, 5.74) is 0.966. The molecule has 0 aromatic heterocycles. The Bertz CT molecular complexity index is 417. The van der Waals surface area contributed by atoms with Crippen LogP contribution in [0.3, 0.4) is 0 Å². The Morgan fingerprint density at radius 2 is 1.74 bits per heavy atom. The molecule has 0 radical (unpaired) electrons. The van der Waals surface area contributed by atoms with Crippen molar-refractivity contribution in [2.75, 3.05) is 53.0 Å². The first kappa shape index (κ1) is 18.4. The van der Waals surface area contributed by atoms with E-state index < -0.39 is 0 Å². The summed E-state index contributed by atoms with van der Waals surface area (Å²) in [6.07, 6.45) is 0.0681. The van der Waals surface area contributed by atoms with Gasteiger partial charge in [0.1, 0.15) is 6.79 Å². The third kappa shape index (κ3) is 6.20. The monoisotopic (exact) mass is 324 g/mol. The van der Waals surface area contributed by atoms with Gasteiger partial charge in [0.2, 0.25) is 0 Å². The Hall–Kier alpha value is -0.980. The minimum atomic E-state index is -0.209. The van der Waals surface area contributed by atoms with Gasteiger partial charge in [0, 0.05) is 6.61 Å². The maximum Gasteiger partial charge on any atom is 0.146 e. The summed E-state index contributed by atoms with van der Waals surface area (Å²) < 4.78 is 28.0. The van der Waals surface area contributed by atoms with E-state index in [0.29, 0.717) is 53.0 Å². The highest BCUT2D eigenvalue weighted by atomic mass is 16.7. The predicted octanol–water partition coefficient (Wildman–Crippen LogP) is 2.81. The molecule has 0 aliphatic carbocycles. The molecule has 1 atom stereocenters. The fourth-order valence-electron chi connectivity index (χ4n) is 2.54. The van der Waals surface area contributed by atoms with E-state index in [4.69, 9.17) is 23.7 Å². The molecule has 1 aromatic rings. The molecule has 1 aromatic carbocycles. The van der Waals surface area contributed by atoms with Gasteiger partial charge in [-0.1, -0.05) is 30.3 Å². The molecule has 1 aliphatic rings. The summed E-state index contributed by atoms with van der Waals surface area (Å²) in [5.74, 6) is 0. The highest BCUT2D eigenvalue weighted by Crippen LogP contribution is 2.23. The van der Waals surface area contributed by atoms with Crippen LogP contribution in [0.15, 0.2) is 30.3 Å². The van der Waals surface area contributed by atoms with Gasteiger partial charge < -0.3 is 23.7 Å². The number of hydrogen-bond acceptors (Lipinski definition) is 5. The van der Waals surface area contributed by atoms with Gasteiger partial charge in [-0.25, -0.2) is 0 Å². The van der Waals surface area contributed by atoms with Crippen molar-refractivity contribution in [1.82, 2.24) is 0 Å². The lowest BCUT2D eigenvalue weighted by atomic mass is 9.92. The Morgan fingerprint density at radius 3 is 2.43 bits per heavy atom. The van der Waals surface area contributed by atoms with E-state index in [0.717, 1.165) is 0 Å². The van der Waals surface area contributed by atoms with Crippen LogP contribution in [0.2, 0.25) is 0 Å². The number of hydrogen-bond donors (Lipinski definition) is 0. The molecule has 0 bridgehead atoms. The van der Waals surface area contributed by atoms with E-state index in [1.807, 2.05) is 25.1 Å². The molecule has 1 unspecified atom stereocenters. The van der Waals surface area contributed by atoms with Crippen LogP contribution in [0.4, 0.5) is 0 Å². The lowest BCUT2D eigenvalue weighted by molar-refractivity contribution is -0.199. The number of rotatable bonds is 10. The molecule has 0 spiro atoms. The highest BCUT2D eigenvalue weighted by molar-refractivity contribution is 5.16. The Labute approximate surface area is 138 Å². The van der Waals surface area contributed by atoms with Crippen molar-refractivity contribution >= 4 is 0 Å².